The van der Waals surface area contributed by atoms with Gasteiger partial charge in [0.25, 0.3) is 0 Å². The van der Waals surface area contributed by atoms with Crippen LogP contribution in [0.5, 0.6) is 0 Å². The van der Waals surface area contributed by atoms with Gasteiger partial charge < -0.3 is 5.73 Å². The van der Waals surface area contributed by atoms with Crippen molar-refractivity contribution in [2.45, 2.75) is 26.3 Å². The summed E-state index contributed by atoms with van der Waals surface area (Å²) in [5, 5.41) is 0. The van der Waals surface area contributed by atoms with Crippen LogP contribution >= 0.6 is 0 Å². The first-order chi connectivity index (χ1) is 9.72. The number of rotatable bonds is 4. The highest BCUT2D eigenvalue weighted by atomic mass is 15.3. The topological polar surface area (TPSA) is 41.6 Å². The van der Waals surface area contributed by atoms with Gasteiger partial charge in [0.15, 0.2) is 0 Å². The van der Waals surface area contributed by atoms with Crippen LogP contribution in [0, 0.1) is 0 Å². The van der Waals surface area contributed by atoms with Crippen LogP contribution in [-0.4, -0.2) is 12.0 Å². The zero-order valence-corrected chi connectivity index (χ0v) is 12.0. The number of para-hydroxylation sites is 2. The SMILES string of the molecule is CCC(C)N=C(N)N(c1ccccc1)c1ccccc1. The Balaban J connectivity index is 2.43. The van der Waals surface area contributed by atoms with E-state index in [2.05, 4.69) is 18.8 Å². The van der Waals surface area contributed by atoms with Gasteiger partial charge >= 0.3 is 0 Å². The van der Waals surface area contributed by atoms with Crippen LogP contribution in [0.1, 0.15) is 20.3 Å². The number of aliphatic imine (C=N–C) groups is 1. The van der Waals surface area contributed by atoms with Crippen LogP contribution < -0.4 is 10.6 Å². The lowest BCUT2D eigenvalue weighted by atomic mass is 10.2. The van der Waals surface area contributed by atoms with Crippen LogP contribution in [0.3, 0.4) is 0 Å². The van der Waals surface area contributed by atoms with E-state index in [-0.39, 0.29) is 6.04 Å². The first-order valence-electron chi connectivity index (χ1n) is 6.96. The minimum Gasteiger partial charge on any atom is -0.369 e. The lowest BCUT2D eigenvalue weighted by Crippen LogP contribution is -2.34. The number of hydrogen-bond acceptors (Lipinski definition) is 1. The van der Waals surface area contributed by atoms with Crippen molar-refractivity contribution in [3.63, 3.8) is 0 Å². The van der Waals surface area contributed by atoms with Crippen LogP contribution in [-0.2, 0) is 0 Å². The Bertz CT molecular complexity index is 509. The monoisotopic (exact) mass is 267 g/mol. The van der Waals surface area contributed by atoms with E-state index in [9.17, 15) is 0 Å². The van der Waals surface area contributed by atoms with E-state index in [0.29, 0.717) is 5.96 Å². The first kappa shape index (κ1) is 14.1. The van der Waals surface area contributed by atoms with Gasteiger partial charge in [0, 0.05) is 11.4 Å². The van der Waals surface area contributed by atoms with Crippen molar-refractivity contribution in [2.24, 2.45) is 10.7 Å². The highest BCUT2D eigenvalue weighted by Gasteiger charge is 2.13. The predicted molar refractivity (Wildman–Crippen MR) is 86.4 cm³/mol. The molecule has 2 N–H and O–H groups in total. The fourth-order valence-electron chi connectivity index (χ4n) is 1.94. The number of anilines is 2. The van der Waals surface area contributed by atoms with Crippen molar-refractivity contribution >= 4 is 17.3 Å². The molecule has 0 spiro atoms. The van der Waals surface area contributed by atoms with Crippen LogP contribution in [0.25, 0.3) is 0 Å². The Hall–Kier alpha value is -2.29. The van der Waals surface area contributed by atoms with Gasteiger partial charge in [-0.2, -0.15) is 0 Å². The summed E-state index contributed by atoms with van der Waals surface area (Å²) >= 11 is 0. The molecule has 2 aromatic carbocycles. The second-order valence-corrected chi connectivity index (χ2v) is 4.75. The maximum Gasteiger partial charge on any atom is 0.200 e. The molecule has 0 amide bonds. The Kier molecular flexibility index (Phi) is 4.77. The number of benzene rings is 2. The zero-order valence-electron chi connectivity index (χ0n) is 12.0. The van der Waals surface area contributed by atoms with E-state index in [1.807, 2.05) is 65.6 Å². The van der Waals surface area contributed by atoms with Gasteiger partial charge in [-0.05, 0) is 37.6 Å². The molecule has 0 saturated heterocycles. The van der Waals surface area contributed by atoms with Crippen molar-refractivity contribution in [3.05, 3.63) is 60.7 Å². The van der Waals surface area contributed by atoms with Crippen molar-refractivity contribution in [2.75, 3.05) is 4.90 Å². The third-order valence-corrected chi connectivity index (χ3v) is 3.20. The van der Waals surface area contributed by atoms with Gasteiger partial charge in [0.1, 0.15) is 0 Å². The highest BCUT2D eigenvalue weighted by Crippen LogP contribution is 2.24. The van der Waals surface area contributed by atoms with E-state index < -0.39 is 0 Å². The summed E-state index contributed by atoms with van der Waals surface area (Å²) in [4.78, 5) is 6.55. The van der Waals surface area contributed by atoms with Crippen molar-refractivity contribution in [3.8, 4) is 0 Å². The number of nitrogens with zero attached hydrogens (tertiary/aromatic N) is 2. The maximum atomic E-state index is 6.23. The average Bonchev–Trinajstić information content (AvgIpc) is 2.49. The fourth-order valence-corrected chi connectivity index (χ4v) is 1.94. The molecule has 0 heterocycles. The molecule has 20 heavy (non-hydrogen) atoms. The molecule has 0 aliphatic carbocycles. The fraction of sp³-hybridized carbons (Fsp3) is 0.235. The van der Waals surface area contributed by atoms with Crippen LogP contribution in [0.2, 0.25) is 0 Å². The second-order valence-electron chi connectivity index (χ2n) is 4.75. The molecule has 1 unspecified atom stereocenters. The van der Waals surface area contributed by atoms with E-state index >= 15 is 0 Å². The molecule has 0 bridgehead atoms. The van der Waals surface area contributed by atoms with Gasteiger partial charge in [0.2, 0.25) is 5.96 Å². The van der Waals surface area contributed by atoms with Crippen molar-refractivity contribution < 1.29 is 0 Å². The molecule has 0 saturated carbocycles. The predicted octanol–water partition coefficient (Wildman–Crippen LogP) is 3.94. The molecule has 3 heteroatoms. The Morgan fingerprint density at radius 3 is 1.85 bits per heavy atom. The molecule has 3 nitrogen and oxygen atoms in total. The first-order valence-corrected chi connectivity index (χ1v) is 6.96. The summed E-state index contributed by atoms with van der Waals surface area (Å²) in [5.74, 6) is 0.525. The highest BCUT2D eigenvalue weighted by molar-refractivity contribution is 6.01. The smallest absolute Gasteiger partial charge is 0.200 e. The second kappa shape index (κ2) is 6.75. The molecule has 104 valence electrons. The molecule has 1 atom stereocenters. The van der Waals surface area contributed by atoms with Crippen LogP contribution in [0.4, 0.5) is 11.4 Å². The minimum absolute atomic E-state index is 0.213. The third-order valence-electron chi connectivity index (χ3n) is 3.20. The van der Waals surface area contributed by atoms with Gasteiger partial charge in [0.05, 0.1) is 6.04 Å². The third kappa shape index (κ3) is 3.38. The summed E-state index contributed by atoms with van der Waals surface area (Å²) in [7, 11) is 0. The lowest BCUT2D eigenvalue weighted by Gasteiger charge is -2.24. The molecule has 0 radical (unpaired) electrons. The number of guanidine groups is 1. The zero-order chi connectivity index (χ0) is 14.4. The summed E-state index contributed by atoms with van der Waals surface area (Å²) in [6, 6.07) is 20.3. The largest absolute Gasteiger partial charge is 0.369 e. The number of nitrogens with two attached hydrogens (primary N) is 1. The standard InChI is InChI=1S/C17H21N3/c1-3-14(2)19-17(18)20(15-10-6-4-7-11-15)16-12-8-5-9-13-16/h4-14H,3H2,1-2H3,(H2,18,19). The summed E-state index contributed by atoms with van der Waals surface area (Å²) in [5.41, 5.74) is 8.27. The quantitative estimate of drug-likeness (QED) is 0.673. The van der Waals surface area contributed by atoms with Gasteiger partial charge in [-0.3, -0.25) is 4.90 Å². The van der Waals surface area contributed by atoms with Gasteiger partial charge in [-0.1, -0.05) is 43.3 Å². The Morgan fingerprint density at radius 2 is 1.45 bits per heavy atom. The molecule has 0 aromatic heterocycles. The van der Waals surface area contributed by atoms with Crippen molar-refractivity contribution in [1.82, 2.24) is 0 Å². The summed E-state index contributed by atoms with van der Waals surface area (Å²) < 4.78 is 0. The van der Waals surface area contributed by atoms with Gasteiger partial charge in [-0.15, -0.1) is 0 Å². The molecule has 2 rings (SSSR count). The molecular formula is C17H21N3. The van der Waals surface area contributed by atoms with Gasteiger partial charge in [-0.25, -0.2) is 4.99 Å². The maximum absolute atomic E-state index is 6.23. The summed E-state index contributed by atoms with van der Waals surface area (Å²) in [6.07, 6.45) is 0.970. The number of hydrogen-bond donors (Lipinski definition) is 1. The van der Waals surface area contributed by atoms with Crippen molar-refractivity contribution in [1.29, 1.82) is 0 Å². The van der Waals surface area contributed by atoms with Crippen LogP contribution in [0.15, 0.2) is 65.7 Å². The van der Waals surface area contributed by atoms with E-state index in [4.69, 9.17) is 5.73 Å². The molecule has 0 aliphatic heterocycles. The van der Waals surface area contributed by atoms with E-state index in [1.165, 1.54) is 0 Å². The molecule has 0 fully saturated rings. The average molecular weight is 267 g/mol. The van der Waals surface area contributed by atoms with E-state index in [1.54, 1.807) is 0 Å². The molecule has 2 aromatic rings. The normalized spacial score (nSPS) is 13.0. The summed E-state index contributed by atoms with van der Waals surface area (Å²) in [6.45, 7) is 4.18. The Labute approximate surface area is 120 Å². The van der Waals surface area contributed by atoms with E-state index in [0.717, 1.165) is 17.8 Å². The molecular weight excluding hydrogens is 246 g/mol. The lowest BCUT2D eigenvalue weighted by molar-refractivity contribution is 0.714. The minimum atomic E-state index is 0.213. The Morgan fingerprint density at radius 1 is 1.00 bits per heavy atom. The molecule has 0 aliphatic rings.